The van der Waals surface area contributed by atoms with Gasteiger partial charge in [0.2, 0.25) is 5.28 Å². The average Bonchev–Trinajstić information content (AvgIpc) is 2.85. The first-order chi connectivity index (χ1) is 10.8. The molecule has 0 fully saturated rings. The first-order valence-corrected chi connectivity index (χ1v) is 6.95. The summed E-state index contributed by atoms with van der Waals surface area (Å²) in [5.41, 5.74) is -1.02. The molecule has 0 saturated carbocycles. The summed E-state index contributed by atoms with van der Waals surface area (Å²) in [6.07, 6.45) is 0. The number of benzene rings is 1. The highest BCUT2D eigenvalue weighted by atomic mass is 35.5. The largest absolute Gasteiger partial charge is 0.332 e. The van der Waals surface area contributed by atoms with Crippen LogP contribution in [0.4, 0.5) is 8.78 Å². The van der Waals surface area contributed by atoms with E-state index < -0.39 is 22.9 Å². The molecule has 2 heterocycles. The summed E-state index contributed by atoms with van der Waals surface area (Å²) in [6, 6.07) is 3.73. The zero-order chi connectivity index (χ0) is 16.9. The van der Waals surface area contributed by atoms with Crippen molar-refractivity contribution in [3.05, 3.63) is 61.5 Å². The molecular formula is C14H11ClF2N4O2. The second-order valence-electron chi connectivity index (χ2n) is 5.06. The van der Waals surface area contributed by atoms with Crippen molar-refractivity contribution < 1.29 is 8.78 Å². The van der Waals surface area contributed by atoms with Crippen molar-refractivity contribution in [2.75, 3.05) is 0 Å². The fourth-order valence-corrected chi connectivity index (χ4v) is 2.63. The molecule has 23 heavy (non-hydrogen) atoms. The van der Waals surface area contributed by atoms with Crippen molar-refractivity contribution in [2.24, 2.45) is 14.1 Å². The molecule has 0 aliphatic rings. The third-order valence-corrected chi connectivity index (χ3v) is 3.95. The minimum absolute atomic E-state index is 0.0158. The molecule has 0 aliphatic carbocycles. The molecule has 3 rings (SSSR count). The van der Waals surface area contributed by atoms with E-state index in [9.17, 15) is 18.4 Å². The summed E-state index contributed by atoms with van der Waals surface area (Å²) < 4.78 is 30.5. The highest BCUT2D eigenvalue weighted by Gasteiger charge is 2.19. The molecule has 0 atom stereocenters. The summed E-state index contributed by atoms with van der Waals surface area (Å²) in [6.45, 7) is -0.188. The van der Waals surface area contributed by atoms with E-state index in [1.54, 1.807) is 0 Å². The van der Waals surface area contributed by atoms with E-state index in [1.807, 2.05) is 0 Å². The number of rotatable bonds is 2. The van der Waals surface area contributed by atoms with Gasteiger partial charge in [-0.1, -0.05) is 12.1 Å². The number of imidazole rings is 1. The van der Waals surface area contributed by atoms with Crippen molar-refractivity contribution in [3.8, 4) is 0 Å². The van der Waals surface area contributed by atoms with Gasteiger partial charge in [-0.05, 0) is 17.7 Å². The Morgan fingerprint density at radius 2 is 1.87 bits per heavy atom. The summed E-state index contributed by atoms with van der Waals surface area (Å²) >= 11 is 6.03. The number of aromatic nitrogens is 4. The Labute approximate surface area is 133 Å². The lowest BCUT2D eigenvalue weighted by Crippen LogP contribution is -2.37. The smallest absolute Gasteiger partial charge is 0.304 e. The van der Waals surface area contributed by atoms with Crippen LogP contribution in [-0.4, -0.2) is 18.7 Å². The van der Waals surface area contributed by atoms with E-state index in [0.717, 1.165) is 10.6 Å². The molecular weight excluding hydrogens is 330 g/mol. The van der Waals surface area contributed by atoms with E-state index >= 15 is 0 Å². The van der Waals surface area contributed by atoms with E-state index in [0.29, 0.717) is 0 Å². The summed E-state index contributed by atoms with van der Waals surface area (Å²) in [4.78, 5) is 28.2. The zero-order valence-electron chi connectivity index (χ0n) is 12.2. The lowest BCUT2D eigenvalue weighted by molar-refractivity contribution is 0.496. The van der Waals surface area contributed by atoms with Crippen LogP contribution < -0.4 is 11.2 Å². The average molecular weight is 341 g/mol. The van der Waals surface area contributed by atoms with Gasteiger partial charge >= 0.3 is 5.69 Å². The second-order valence-corrected chi connectivity index (χ2v) is 5.40. The van der Waals surface area contributed by atoms with E-state index in [2.05, 4.69) is 4.98 Å². The van der Waals surface area contributed by atoms with Crippen molar-refractivity contribution in [1.82, 2.24) is 18.7 Å². The number of hydrogen-bond acceptors (Lipinski definition) is 3. The maximum Gasteiger partial charge on any atom is 0.332 e. The van der Waals surface area contributed by atoms with Crippen LogP contribution in [-0.2, 0) is 20.6 Å². The van der Waals surface area contributed by atoms with Crippen LogP contribution in [0.25, 0.3) is 11.2 Å². The normalized spacial score (nSPS) is 11.3. The molecule has 0 aliphatic heterocycles. The van der Waals surface area contributed by atoms with Gasteiger partial charge in [0.1, 0.15) is 0 Å². The summed E-state index contributed by atoms with van der Waals surface area (Å²) in [7, 11) is 2.76. The number of fused-ring (bicyclic) bond motifs is 1. The van der Waals surface area contributed by atoms with Crippen molar-refractivity contribution in [1.29, 1.82) is 0 Å². The van der Waals surface area contributed by atoms with E-state index in [4.69, 9.17) is 11.6 Å². The lowest BCUT2D eigenvalue weighted by Gasteiger charge is -2.08. The third-order valence-electron chi connectivity index (χ3n) is 3.66. The van der Waals surface area contributed by atoms with Crippen LogP contribution in [0, 0.1) is 11.6 Å². The molecule has 9 heteroatoms. The number of halogens is 3. The topological polar surface area (TPSA) is 61.8 Å². The SMILES string of the molecule is Cn1c(=O)c2c(nc(Cl)n2Cc2cccc(F)c2F)n(C)c1=O. The molecule has 120 valence electrons. The molecule has 3 aromatic rings. The Hall–Kier alpha value is -2.48. The summed E-state index contributed by atoms with van der Waals surface area (Å²) in [5, 5.41) is -0.0954. The zero-order valence-corrected chi connectivity index (χ0v) is 12.9. The molecule has 0 radical (unpaired) electrons. The molecule has 0 bridgehead atoms. The Morgan fingerprint density at radius 3 is 2.57 bits per heavy atom. The molecule has 2 aromatic heterocycles. The van der Waals surface area contributed by atoms with Gasteiger partial charge in [-0.2, -0.15) is 4.98 Å². The highest BCUT2D eigenvalue weighted by Crippen LogP contribution is 2.20. The number of aryl methyl sites for hydroxylation is 1. The summed E-state index contributed by atoms with van der Waals surface area (Å²) in [5.74, 6) is -2.02. The van der Waals surface area contributed by atoms with Crippen LogP contribution in [0.3, 0.4) is 0 Å². The van der Waals surface area contributed by atoms with Crippen molar-refractivity contribution in [3.63, 3.8) is 0 Å². The lowest BCUT2D eigenvalue weighted by atomic mass is 10.2. The monoisotopic (exact) mass is 340 g/mol. The van der Waals surface area contributed by atoms with Crippen LogP contribution in [0.5, 0.6) is 0 Å². The van der Waals surface area contributed by atoms with Gasteiger partial charge < -0.3 is 4.57 Å². The molecule has 0 spiro atoms. The van der Waals surface area contributed by atoms with Gasteiger partial charge in [0.05, 0.1) is 6.54 Å². The van der Waals surface area contributed by atoms with Crippen LogP contribution in [0.1, 0.15) is 5.56 Å². The van der Waals surface area contributed by atoms with Crippen LogP contribution in [0.15, 0.2) is 27.8 Å². The van der Waals surface area contributed by atoms with E-state index in [-0.39, 0.29) is 28.6 Å². The predicted molar refractivity (Wildman–Crippen MR) is 80.7 cm³/mol. The van der Waals surface area contributed by atoms with Gasteiger partial charge in [-0.25, -0.2) is 13.6 Å². The fourth-order valence-electron chi connectivity index (χ4n) is 2.41. The van der Waals surface area contributed by atoms with Gasteiger partial charge in [0, 0.05) is 19.7 Å². The van der Waals surface area contributed by atoms with E-state index in [1.165, 1.54) is 35.4 Å². The molecule has 0 saturated heterocycles. The second kappa shape index (κ2) is 5.31. The molecule has 0 unspecified atom stereocenters. The fraction of sp³-hybridized carbons (Fsp3) is 0.214. The molecule has 1 aromatic carbocycles. The first kappa shape index (κ1) is 15.4. The molecule has 0 amide bonds. The van der Waals surface area contributed by atoms with Crippen LogP contribution in [0.2, 0.25) is 5.28 Å². The predicted octanol–water partition coefficient (Wildman–Crippen LogP) is 1.41. The third kappa shape index (κ3) is 2.26. The Bertz CT molecular complexity index is 1050. The van der Waals surface area contributed by atoms with Gasteiger partial charge in [-0.3, -0.25) is 13.9 Å². The quantitative estimate of drug-likeness (QED) is 0.663. The van der Waals surface area contributed by atoms with Gasteiger partial charge in [0.25, 0.3) is 5.56 Å². The van der Waals surface area contributed by atoms with Crippen molar-refractivity contribution in [2.45, 2.75) is 6.54 Å². The van der Waals surface area contributed by atoms with Gasteiger partial charge in [0.15, 0.2) is 22.8 Å². The minimum atomic E-state index is -1.02. The maximum absolute atomic E-state index is 13.9. The van der Waals surface area contributed by atoms with Gasteiger partial charge in [-0.15, -0.1) is 0 Å². The highest BCUT2D eigenvalue weighted by molar-refractivity contribution is 6.29. The molecule has 0 N–H and O–H groups in total. The molecule has 6 nitrogen and oxygen atoms in total. The Kier molecular flexibility index (Phi) is 3.56. The van der Waals surface area contributed by atoms with Crippen molar-refractivity contribution >= 4 is 22.8 Å². The van der Waals surface area contributed by atoms with Crippen LogP contribution >= 0.6 is 11.6 Å². The Morgan fingerprint density at radius 1 is 1.17 bits per heavy atom. The minimum Gasteiger partial charge on any atom is -0.304 e. The maximum atomic E-state index is 13.9. The number of hydrogen-bond donors (Lipinski definition) is 0. The number of nitrogens with zero attached hydrogens (tertiary/aromatic N) is 4. The Balaban J connectivity index is 2.31. The first-order valence-electron chi connectivity index (χ1n) is 6.57. The standard InChI is InChI=1S/C14H11ClF2N4O2/c1-19-11-10(12(22)20(2)14(19)23)21(13(15)18-11)6-7-4-3-5-8(16)9(7)17/h3-5H,6H2,1-2H3.